The Kier molecular flexibility index (Phi) is 4.79. The third-order valence-electron chi connectivity index (χ3n) is 5.13. The molecule has 0 saturated carbocycles. The fourth-order valence-electron chi connectivity index (χ4n) is 3.44. The van der Waals surface area contributed by atoms with Crippen LogP contribution in [0.15, 0.2) is 50.9 Å². The summed E-state index contributed by atoms with van der Waals surface area (Å²) in [4.78, 5) is 24.3. The van der Waals surface area contributed by atoms with E-state index >= 15 is 0 Å². The Morgan fingerprint density at radius 1 is 1.10 bits per heavy atom. The molecule has 0 aliphatic carbocycles. The average Bonchev–Trinajstić information content (AvgIpc) is 3.11. The van der Waals surface area contributed by atoms with Gasteiger partial charge in [0.05, 0.1) is 10.4 Å². The molecule has 3 aromatic carbocycles. The summed E-state index contributed by atoms with van der Waals surface area (Å²) in [6.07, 6.45) is 0. The number of fused-ring (bicyclic) bond motifs is 1. The minimum Gasteiger partial charge on any atom is -0.382 e. The van der Waals surface area contributed by atoms with Gasteiger partial charge in [-0.05, 0) is 49.2 Å². The van der Waals surface area contributed by atoms with Crippen LogP contribution in [0.3, 0.4) is 0 Å². The zero-order chi connectivity index (χ0) is 22.5. The lowest BCUT2D eigenvalue weighted by atomic mass is 10.1. The molecular formula is C20H20N6O4S. The average molecular weight is 440 g/mol. The highest BCUT2D eigenvalue weighted by Gasteiger charge is 2.23. The number of rotatable bonds is 6. The van der Waals surface area contributed by atoms with Crippen LogP contribution in [-0.4, -0.2) is 18.6 Å². The summed E-state index contributed by atoms with van der Waals surface area (Å²) < 4.78 is 23.2. The molecule has 1 atom stereocenters. The molecule has 1 heterocycles. The number of nitrogens with zero attached hydrogens (tertiary/aromatic N) is 1. The van der Waals surface area contributed by atoms with E-state index in [4.69, 9.17) is 10.9 Å². The van der Waals surface area contributed by atoms with E-state index in [2.05, 4.69) is 20.8 Å². The van der Waals surface area contributed by atoms with Gasteiger partial charge in [0.15, 0.2) is 5.82 Å². The molecule has 4 rings (SSSR count). The maximum Gasteiger partial charge on any atom is 0.253 e. The van der Waals surface area contributed by atoms with E-state index in [-0.39, 0.29) is 16.3 Å². The monoisotopic (exact) mass is 440 g/mol. The topological polar surface area (TPSA) is 173 Å². The van der Waals surface area contributed by atoms with E-state index in [1.54, 1.807) is 31.2 Å². The summed E-state index contributed by atoms with van der Waals surface area (Å²) in [6, 6.07) is 9.14. The molecule has 10 nitrogen and oxygen atoms in total. The van der Waals surface area contributed by atoms with Crippen molar-refractivity contribution in [2.45, 2.75) is 24.8 Å². The maximum absolute atomic E-state index is 12.2. The molecule has 11 heteroatoms. The van der Waals surface area contributed by atoms with Gasteiger partial charge in [-0.15, -0.1) is 0 Å². The Morgan fingerprint density at radius 2 is 1.81 bits per heavy atom. The molecule has 0 aliphatic rings. The fraction of sp³-hybridized carbons (Fsp3) is 0.150. The minimum atomic E-state index is -3.86. The highest BCUT2D eigenvalue weighted by Crippen LogP contribution is 2.30. The van der Waals surface area contributed by atoms with Crippen molar-refractivity contribution >= 4 is 43.8 Å². The van der Waals surface area contributed by atoms with Crippen molar-refractivity contribution in [3.8, 4) is 0 Å². The molecular weight excluding hydrogens is 420 g/mol. The van der Waals surface area contributed by atoms with Gasteiger partial charge in [-0.1, -0.05) is 12.1 Å². The van der Waals surface area contributed by atoms with Gasteiger partial charge in [-0.3, -0.25) is 14.7 Å². The highest BCUT2D eigenvalue weighted by molar-refractivity contribution is 7.89. The van der Waals surface area contributed by atoms with Gasteiger partial charge in [0.25, 0.3) is 10.9 Å². The lowest BCUT2D eigenvalue weighted by Gasteiger charge is -2.20. The number of hydrogen-bond acceptors (Lipinski definition) is 8. The van der Waals surface area contributed by atoms with E-state index in [1.807, 2.05) is 6.92 Å². The number of nitrogen functional groups attached to an aromatic ring is 1. The van der Waals surface area contributed by atoms with Crippen molar-refractivity contribution in [2.24, 2.45) is 5.14 Å². The summed E-state index contributed by atoms with van der Waals surface area (Å²) in [5.41, 5.74) is 7.64. The first-order valence-electron chi connectivity index (χ1n) is 9.30. The zero-order valence-electron chi connectivity index (χ0n) is 16.7. The van der Waals surface area contributed by atoms with Crippen molar-refractivity contribution in [1.82, 2.24) is 10.2 Å². The summed E-state index contributed by atoms with van der Waals surface area (Å²) in [5.74, 6) is 0.327. The maximum atomic E-state index is 12.2. The van der Waals surface area contributed by atoms with Crippen LogP contribution in [0.25, 0.3) is 10.9 Å². The molecule has 0 bridgehead atoms. The number of nitrogens with one attached hydrogen (secondary N) is 3. The Hall–Kier alpha value is -3.70. The van der Waals surface area contributed by atoms with Crippen LogP contribution >= 0.6 is 0 Å². The fourth-order valence-corrected chi connectivity index (χ4v) is 4.01. The van der Waals surface area contributed by atoms with Crippen molar-refractivity contribution in [3.63, 3.8) is 0 Å². The molecule has 0 spiro atoms. The molecule has 4 aromatic rings. The second kappa shape index (κ2) is 7.22. The Balaban J connectivity index is 1.63. The second-order valence-corrected chi connectivity index (χ2v) is 8.90. The quantitative estimate of drug-likeness (QED) is 0.281. The largest absolute Gasteiger partial charge is 0.382 e. The predicted octanol–water partition coefficient (Wildman–Crippen LogP) is 1.61. The van der Waals surface area contributed by atoms with Crippen LogP contribution in [0.2, 0.25) is 0 Å². The molecule has 0 radical (unpaired) electrons. The molecule has 0 fully saturated rings. The zero-order valence-corrected chi connectivity index (χ0v) is 17.5. The van der Waals surface area contributed by atoms with E-state index in [9.17, 15) is 18.0 Å². The number of aryl methyl sites for hydroxylation is 1. The van der Waals surface area contributed by atoms with Gasteiger partial charge in [0, 0.05) is 17.1 Å². The summed E-state index contributed by atoms with van der Waals surface area (Å²) in [6.45, 7) is 3.61. The summed E-state index contributed by atoms with van der Waals surface area (Å²) in [5, 5.41) is 18.7. The van der Waals surface area contributed by atoms with Crippen molar-refractivity contribution in [2.75, 3.05) is 16.4 Å². The first kappa shape index (κ1) is 20.6. The van der Waals surface area contributed by atoms with Crippen LogP contribution < -0.4 is 32.4 Å². The highest BCUT2D eigenvalue weighted by atomic mass is 32.2. The van der Waals surface area contributed by atoms with E-state index in [1.165, 1.54) is 12.1 Å². The van der Waals surface area contributed by atoms with E-state index < -0.39 is 26.9 Å². The smallest absolute Gasteiger partial charge is 0.253 e. The number of anilines is 4. The number of hydrogen-bond donors (Lipinski definition) is 5. The molecule has 0 amide bonds. The number of benzene rings is 2. The van der Waals surface area contributed by atoms with Crippen molar-refractivity contribution in [3.05, 3.63) is 68.0 Å². The van der Waals surface area contributed by atoms with Crippen molar-refractivity contribution in [1.29, 1.82) is 0 Å². The third-order valence-corrected chi connectivity index (χ3v) is 6.04. The second-order valence-electron chi connectivity index (χ2n) is 7.34. The number of primary sulfonamides is 1. The van der Waals surface area contributed by atoms with Gasteiger partial charge in [-0.2, -0.15) is 5.10 Å². The molecule has 160 valence electrons. The van der Waals surface area contributed by atoms with Crippen molar-refractivity contribution < 1.29 is 8.42 Å². The molecule has 0 aliphatic heterocycles. The van der Waals surface area contributed by atoms with E-state index in [0.717, 1.165) is 11.1 Å². The molecule has 0 saturated heterocycles. The van der Waals surface area contributed by atoms with Gasteiger partial charge >= 0.3 is 0 Å². The molecule has 31 heavy (non-hydrogen) atoms. The van der Waals surface area contributed by atoms with Crippen LogP contribution in [0.4, 0.5) is 22.9 Å². The van der Waals surface area contributed by atoms with Gasteiger partial charge in [0.2, 0.25) is 10.0 Å². The number of aromatic nitrogens is 2. The van der Waals surface area contributed by atoms with Crippen LogP contribution in [-0.2, 0) is 10.0 Å². The molecule has 1 aromatic heterocycles. The van der Waals surface area contributed by atoms with Crippen LogP contribution in [0, 0.1) is 6.92 Å². The Bertz CT molecular complexity index is 1500. The number of nitrogens with two attached hydrogens (primary N) is 2. The number of sulfonamides is 1. The Morgan fingerprint density at radius 3 is 2.52 bits per heavy atom. The lowest BCUT2D eigenvalue weighted by Crippen LogP contribution is -2.37. The number of aromatic amines is 1. The van der Waals surface area contributed by atoms with Gasteiger partial charge < -0.3 is 16.4 Å². The van der Waals surface area contributed by atoms with E-state index in [0.29, 0.717) is 22.5 Å². The SMILES string of the molecule is Cc1cc(Nc2c(N[C@H](C)c3cccc(S(N)(=O)=O)c3)c(=O)c2=O)cc2c(N)n[nH]c12. The van der Waals surface area contributed by atoms with Gasteiger partial charge in [-0.25, -0.2) is 13.6 Å². The summed E-state index contributed by atoms with van der Waals surface area (Å²) >= 11 is 0. The normalized spacial score (nSPS) is 12.9. The minimum absolute atomic E-state index is 0.0385. The van der Waals surface area contributed by atoms with Crippen LogP contribution in [0.1, 0.15) is 24.1 Å². The molecule has 0 unspecified atom stereocenters. The predicted molar refractivity (Wildman–Crippen MR) is 120 cm³/mol. The summed E-state index contributed by atoms with van der Waals surface area (Å²) in [7, 11) is -3.86. The van der Waals surface area contributed by atoms with Gasteiger partial charge in [0.1, 0.15) is 11.4 Å². The standard InChI is InChI=1S/C20H20N6O4S/c1-9-6-12(8-14-15(9)25-26-20(14)21)24-17-16(18(27)19(17)28)23-10(2)11-4-3-5-13(7-11)31(22,29)30/h3-8,10,23-24H,1-2H3,(H3,21,25,26)(H2,22,29,30)/t10-/m1/s1. The lowest BCUT2D eigenvalue weighted by molar-refractivity contribution is 0.597. The Labute approximate surface area is 177 Å². The first-order chi connectivity index (χ1) is 14.6. The third kappa shape index (κ3) is 3.64. The molecule has 7 N–H and O–H groups in total. The first-order valence-corrected chi connectivity index (χ1v) is 10.8. The number of H-pyrrole nitrogens is 1. The van der Waals surface area contributed by atoms with Crippen LogP contribution in [0.5, 0.6) is 0 Å².